The molecule has 2 aromatic rings. The first kappa shape index (κ1) is 13.3. The number of pyridine rings is 1. The molecule has 0 fully saturated rings. The Morgan fingerprint density at radius 2 is 2.11 bits per heavy atom. The lowest BCUT2D eigenvalue weighted by atomic mass is 9.87. The van der Waals surface area contributed by atoms with Crippen molar-refractivity contribution in [1.82, 2.24) is 4.98 Å². The van der Waals surface area contributed by atoms with Gasteiger partial charge in [0.05, 0.1) is 10.9 Å². The van der Waals surface area contributed by atoms with E-state index in [0.29, 0.717) is 13.0 Å². The molecular formula is C15H18N2O2. The van der Waals surface area contributed by atoms with Crippen molar-refractivity contribution in [3.63, 3.8) is 0 Å². The summed E-state index contributed by atoms with van der Waals surface area (Å²) >= 11 is 0. The normalized spacial score (nSPS) is 14.0. The largest absolute Gasteiger partial charge is 0.481 e. The molecule has 0 saturated carbocycles. The zero-order valence-electron chi connectivity index (χ0n) is 11.2. The van der Waals surface area contributed by atoms with Crippen LogP contribution < -0.4 is 5.32 Å². The third kappa shape index (κ3) is 2.67. The summed E-state index contributed by atoms with van der Waals surface area (Å²) in [5, 5.41) is 13.5. The molecule has 0 aliphatic carbocycles. The molecule has 1 heterocycles. The van der Waals surface area contributed by atoms with Crippen molar-refractivity contribution in [3.05, 3.63) is 36.5 Å². The minimum Gasteiger partial charge on any atom is -0.481 e. The lowest BCUT2D eigenvalue weighted by molar-refractivity contribution is -0.147. The van der Waals surface area contributed by atoms with Gasteiger partial charge in [0.1, 0.15) is 0 Å². The summed E-state index contributed by atoms with van der Waals surface area (Å²) in [7, 11) is 0. The number of hydrogen-bond donors (Lipinski definition) is 2. The van der Waals surface area contributed by atoms with Crippen molar-refractivity contribution in [2.24, 2.45) is 5.41 Å². The Kier molecular flexibility index (Phi) is 3.69. The summed E-state index contributed by atoms with van der Waals surface area (Å²) in [4.78, 5) is 15.6. The number of para-hydroxylation sites is 1. The first-order chi connectivity index (χ1) is 9.07. The van der Waals surface area contributed by atoms with E-state index in [1.165, 1.54) is 0 Å². The Bertz CT molecular complexity index is 592. The molecule has 0 amide bonds. The van der Waals surface area contributed by atoms with Crippen molar-refractivity contribution in [2.45, 2.75) is 20.3 Å². The monoisotopic (exact) mass is 258 g/mol. The van der Waals surface area contributed by atoms with Crippen LogP contribution in [-0.2, 0) is 4.79 Å². The Labute approximate surface area is 112 Å². The highest BCUT2D eigenvalue weighted by molar-refractivity contribution is 5.91. The molecular weight excluding hydrogens is 240 g/mol. The third-order valence-electron chi connectivity index (χ3n) is 3.61. The van der Waals surface area contributed by atoms with Gasteiger partial charge in [-0.3, -0.25) is 9.78 Å². The molecule has 1 unspecified atom stereocenters. The van der Waals surface area contributed by atoms with E-state index in [1.807, 2.05) is 37.3 Å². The van der Waals surface area contributed by atoms with Crippen molar-refractivity contribution in [2.75, 3.05) is 11.9 Å². The number of carbonyl (C=O) groups is 1. The third-order valence-corrected chi connectivity index (χ3v) is 3.61. The number of fused-ring (bicyclic) bond motifs is 1. The second-order valence-corrected chi connectivity index (χ2v) is 4.95. The minimum atomic E-state index is -0.777. The maximum Gasteiger partial charge on any atom is 0.311 e. The first-order valence-electron chi connectivity index (χ1n) is 6.38. The summed E-state index contributed by atoms with van der Waals surface area (Å²) in [6, 6.07) is 9.68. The van der Waals surface area contributed by atoms with Crippen molar-refractivity contribution < 1.29 is 9.90 Å². The standard InChI is InChI=1S/C15H18N2O2/c1-3-15(2,14(18)19)10-17-13-8-9-16-12-7-5-4-6-11(12)13/h4-9H,3,10H2,1-2H3,(H,16,17)(H,18,19). The van der Waals surface area contributed by atoms with E-state index in [2.05, 4.69) is 10.3 Å². The van der Waals surface area contributed by atoms with Crippen molar-refractivity contribution >= 4 is 22.6 Å². The van der Waals surface area contributed by atoms with Crippen LogP contribution in [0.15, 0.2) is 36.5 Å². The van der Waals surface area contributed by atoms with E-state index in [4.69, 9.17) is 0 Å². The Balaban J connectivity index is 2.25. The van der Waals surface area contributed by atoms with Crippen LogP contribution in [0.4, 0.5) is 5.69 Å². The zero-order valence-corrected chi connectivity index (χ0v) is 11.2. The second kappa shape index (κ2) is 5.26. The number of nitrogens with zero attached hydrogens (tertiary/aromatic N) is 1. The first-order valence-corrected chi connectivity index (χ1v) is 6.38. The lowest BCUT2D eigenvalue weighted by Crippen LogP contribution is -2.34. The number of aromatic nitrogens is 1. The summed E-state index contributed by atoms with van der Waals surface area (Å²) in [6.07, 6.45) is 2.31. The highest BCUT2D eigenvalue weighted by atomic mass is 16.4. The van der Waals surface area contributed by atoms with Crippen LogP contribution in [0.3, 0.4) is 0 Å². The van der Waals surface area contributed by atoms with Gasteiger partial charge in [-0.05, 0) is 25.5 Å². The Morgan fingerprint density at radius 3 is 2.79 bits per heavy atom. The van der Waals surface area contributed by atoms with Gasteiger partial charge in [0.25, 0.3) is 0 Å². The van der Waals surface area contributed by atoms with Gasteiger partial charge in [0.15, 0.2) is 0 Å². The molecule has 2 rings (SSSR count). The van der Waals surface area contributed by atoms with Crippen molar-refractivity contribution in [3.8, 4) is 0 Å². The smallest absolute Gasteiger partial charge is 0.311 e. The van der Waals surface area contributed by atoms with Crippen LogP contribution in [0.25, 0.3) is 10.9 Å². The van der Waals surface area contributed by atoms with Gasteiger partial charge in [0, 0.05) is 23.8 Å². The fourth-order valence-electron chi connectivity index (χ4n) is 1.89. The van der Waals surface area contributed by atoms with Gasteiger partial charge >= 0.3 is 5.97 Å². The molecule has 0 aliphatic rings. The predicted molar refractivity (Wildman–Crippen MR) is 76.3 cm³/mol. The number of carboxylic acid groups (broad SMARTS) is 1. The van der Waals surface area contributed by atoms with Crippen molar-refractivity contribution in [1.29, 1.82) is 0 Å². The molecule has 100 valence electrons. The highest BCUT2D eigenvalue weighted by Gasteiger charge is 2.30. The number of rotatable bonds is 5. The Hall–Kier alpha value is -2.10. The summed E-state index contributed by atoms with van der Waals surface area (Å²) in [6.45, 7) is 4.04. The number of aliphatic carboxylic acids is 1. The van der Waals surface area contributed by atoms with Crippen LogP contribution in [-0.4, -0.2) is 22.6 Å². The van der Waals surface area contributed by atoms with Gasteiger partial charge in [-0.25, -0.2) is 0 Å². The number of anilines is 1. The number of nitrogens with one attached hydrogen (secondary N) is 1. The number of carboxylic acids is 1. The maximum absolute atomic E-state index is 11.3. The maximum atomic E-state index is 11.3. The molecule has 1 aromatic carbocycles. The molecule has 1 aromatic heterocycles. The number of benzene rings is 1. The summed E-state index contributed by atoms with van der Waals surface area (Å²) < 4.78 is 0. The topological polar surface area (TPSA) is 62.2 Å². The fourth-order valence-corrected chi connectivity index (χ4v) is 1.89. The van der Waals surface area contributed by atoms with E-state index in [9.17, 15) is 9.90 Å². The Morgan fingerprint density at radius 1 is 1.37 bits per heavy atom. The van der Waals surface area contributed by atoms with Crippen LogP contribution in [0.1, 0.15) is 20.3 Å². The molecule has 1 atom stereocenters. The highest BCUT2D eigenvalue weighted by Crippen LogP contribution is 2.25. The van der Waals surface area contributed by atoms with Gasteiger partial charge in [-0.15, -0.1) is 0 Å². The fraction of sp³-hybridized carbons (Fsp3) is 0.333. The molecule has 0 saturated heterocycles. The van der Waals surface area contributed by atoms with E-state index < -0.39 is 11.4 Å². The van der Waals surface area contributed by atoms with Crippen LogP contribution >= 0.6 is 0 Å². The molecule has 2 N–H and O–H groups in total. The molecule has 19 heavy (non-hydrogen) atoms. The zero-order chi connectivity index (χ0) is 13.9. The lowest BCUT2D eigenvalue weighted by Gasteiger charge is -2.24. The molecule has 4 heteroatoms. The summed E-state index contributed by atoms with van der Waals surface area (Å²) in [5.74, 6) is -0.777. The SMILES string of the molecule is CCC(C)(CNc1ccnc2ccccc12)C(=O)O. The van der Waals surface area contributed by atoms with Gasteiger partial charge in [0.2, 0.25) is 0 Å². The molecule has 0 spiro atoms. The average Bonchev–Trinajstić information content (AvgIpc) is 2.44. The minimum absolute atomic E-state index is 0.396. The molecule has 0 aliphatic heterocycles. The number of hydrogen-bond acceptors (Lipinski definition) is 3. The second-order valence-electron chi connectivity index (χ2n) is 4.95. The molecule has 0 radical (unpaired) electrons. The van der Waals surface area contributed by atoms with Crippen LogP contribution in [0.2, 0.25) is 0 Å². The quantitative estimate of drug-likeness (QED) is 0.864. The van der Waals surface area contributed by atoms with Crippen LogP contribution in [0, 0.1) is 5.41 Å². The van der Waals surface area contributed by atoms with E-state index in [-0.39, 0.29) is 0 Å². The molecule has 4 nitrogen and oxygen atoms in total. The van der Waals surface area contributed by atoms with Crippen LogP contribution in [0.5, 0.6) is 0 Å². The van der Waals surface area contributed by atoms with E-state index >= 15 is 0 Å². The average molecular weight is 258 g/mol. The van der Waals surface area contributed by atoms with Gasteiger partial charge in [-0.1, -0.05) is 25.1 Å². The van der Waals surface area contributed by atoms with Gasteiger partial charge < -0.3 is 10.4 Å². The van der Waals surface area contributed by atoms with E-state index in [0.717, 1.165) is 16.6 Å². The predicted octanol–water partition coefficient (Wildman–Crippen LogP) is 3.15. The van der Waals surface area contributed by atoms with E-state index in [1.54, 1.807) is 13.1 Å². The van der Waals surface area contributed by atoms with Gasteiger partial charge in [-0.2, -0.15) is 0 Å². The summed E-state index contributed by atoms with van der Waals surface area (Å²) in [5.41, 5.74) is 1.07. The molecule has 0 bridgehead atoms.